The van der Waals surface area contributed by atoms with Gasteiger partial charge in [-0.3, -0.25) is 4.57 Å². The summed E-state index contributed by atoms with van der Waals surface area (Å²) in [5.74, 6) is 0. The van der Waals surface area contributed by atoms with E-state index in [2.05, 4.69) is 4.99 Å². The predicted octanol–water partition coefficient (Wildman–Crippen LogP) is 4.37. The molecule has 25 heavy (non-hydrogen) atoms. The van der Waals surface area contributed by atoms with Gasteiger partial charge in [0.1, 0.15) is 0 Å². The van der Waals surface area contributed by atoms with Gasteiger partial charge in [0.25, 0.3) is 0 Å². The fraction of sp³-hybridized carbons (Fsp3) is 0.412. The van der Waals surface area contributed by atoms with Crippen molar-refractivity contribution in [1.29, 1.82) is 0 Å². The van der Waals surface area contributed by atoms with Crippen molar-refractivity contribution in [2.75, 3.05) is 13.1 Å². The minimum atomic E-state index is -4.37. The average Bonchev–Trinajstić information content (AvgIpc) is 2.95. The van der Waals surface area contributed by atoms with Crippen molar-refractivity contribution in [2.24, 2.45) is 4.99 Å². The highest BCUT2D eigenvalue weighted by Gasteiger charge is 2.30. The lowest BCUT2D eigenvalue weighted by atomic mass is 10.1. The van der Waals surface area contributed by atoms with Gasteiger partial charge in [0.05, 0.1) is 5.56 Å². The largest absolute Gasteiger partial charge is 0.416 e. The minimum Gasteiger partial charge on any atom is -0.323 e. The Morgan fingerprint density at radius 3 is 2.36 bits per heavy atom. The van der Waals surface area contributed by atoms with E-state index in [1.807, 2.05) is 6.92 Å². The smallest absolute Gasteiger partial charge is 0.323 e. The van der Waals surface area contributed by atoms with Gasteiger partial charge in [-0.15, -0.1) is 11.3 Å². The number of rotatable bonds is 1. The summed E-state index contributed by atoms with van der Waals surface area (Å²) in [6.07, 6.45) is 0.474. The number of thiazole rings is 1. The second kappa shape index (κ2) is 7.03. The molecule has 0 saturated carbocycles. The highest BCUT2D eigenvalue weighted by Crippen LogP contribution is 2.29. The molecule has 1 fully saturated rings. The zero-order valence-corrected chi connectivity index (χ0v) is 14.5. The van der Waals surface area contributed by atoms with Gasteiger partial charge in [-0.2, -0.15) is 18.2 Å². The van der Waals surface area contributed by atoms with E-state index >= 15 is 0 Å². The van der Waals surface area contributed by atoms with E-state index in [-0.39, 0.29) is 6.03 Å². The van der Waals surface area contributed by atoms with Crippen LogP contribution < -0.4 is 4.80 Å². The third-order valence-electron chi connectivity index (χ3n) is 4.06. The van der Waals surface area contributed by atoms with Gasteiger partial charge < -0.3 is 4.90 Å². The summed E-state index contributed by atoms with van der Waals surface area (Å²) in [6.45, 7) is 3.27. The van der Waals surface area contributed by atoms with Gasteiger partial charge in [-0.05, 0) is 50.5 Å². The molecule has 3 rings (SSSR count). The number of nitrogens with zero attached hydrogens (tertiary/aromatic N) is 3. The summed E-state index contributed by atoms with van der Waals surface area (Å²) < 4.78 is 39.8. The number of amides is 2. The Balaban J connectivity index is 1.93. The van der Waals surface area contributed by atoms with Crippen molar-refractivity contribution in [2.45, 2.75) is 32.4 Å². The first-order valence-corrected chi connectivity index (χ1v) is 8.86. The molecule has 0 N–H and O–H groups in total. The highest BCUT2D eigenvalue weighted by molar-refractivity contribution is 7.09. The third kappa shape index (κ3) is 4.12. The normalized spacial score (nSPS) is 16.3. The number of benzene rings is 1. The summed E-state index contributed by atoms with van der Waals surface area (Å²) in [7, 11) is 0. The van der Waals surface area contributed by atoms with E-state index in [1.165, 1.54) is 23.5 Å². The first kappa shape index (κ1) is 17.7. The van der Waals surface area contributed by atoms with Crippen molar-refractivity contribution >= 4 is 17.4 Å². The molecule has 0 unspecified atom stereocenters. The summed E-state index contributed by atoms with van der Waals surface area (Å²) in [5.41, 5.74) is -0.158. The second-order valence-corrected chi connectivity index (χ2v) is 7.19. The van der Waals surface area contributed by atoms with Crippen molar-refractivity contribution in [3.8, 4) is 5.69 Å². The van der Waals surface area contributed by atoms with Crippen LogP contribution in [0.3, 0.4) is 0 Å². The lowest BCUT2D eigenvalue weighted by molar-refractivity contribution is -0.137. The molecule has 1 aromatic heterocycles. The number of carbonyl (C=O) groups excluding carboxylic acids is 1. The van der Waals surface area contributed by atoms with Crippen LogP contribution in [-0.2, 0) is 6.18 Å². The number of piperidine rings is 1. The molecule has 0 radical (unpaired) electrons. The molecule has 8 heteroatoms. The minimum absolute atomic E-state index is 0.290. The van der Waals surface area contributed by atoms with Crippen molar-refractivity contribution < 1.29 is 18.0 Å². The molecule has 2 aromatic rings. The van der Waals surface area contributed by atoms with E-state index in [0.717, 1.165) is 36.3 Å². The van der Waals surface area contributed by atoms with E-state index in [9.17, 15) is 18.0 Å². The summed E-state index contributed by atoms with van der Waals surface area (Å²) in [6, 6.07) is 4.55. The van der Waals surface area contributed by atoms with Gasteiger partial charge in [0, 0.05) is 29.9 Å². The van der Waals surface area contributed by atoms with Crippen LogP contribution in [0.25, 0.3) is 5.69 Å². The number of aromatic nitrogens is 1. The van der Waals surface area contributed by atoms with Gasteiger partial charge in [-0.25, -0.2) is 4.79 Å². The summed E-state index contributed by atoms with van der Waals surface area (Å²) in [4.78, 5) is 19.7. The molecule has 1 aliphatic heterocycles. The average molecular weight is 369 g/mol. The standard InChI is InChI=1S/C17H18F3N3OS/c1-12-11-23(14-7-5-13(6-8-14)17(18,19)20)16(25-12)21-15(24)22-9-3-2-4-10-22/h5-8,11H,2-4,9-10H2,1H3/b21-16-. The number of alkyl halides is 3. The first-order valence-electron chi connectivity index (χ1n) is 8.05. The molecule has 0 aliphatic carbocycles. The molecule has 1 saturated heterocycles. The molecule has 1 aliphatic rings. The molecule has 2 amide bonds. The van der Waals surface area contributed by atoms with Crippen LogP contribution in [0.4, 0.5) is 18.0 Å². The number of halogens is 3. The maximum atomic E-state index is 12.7. The molecule has 2 heterocycles. The predicted molar refractivity (Wildman–Crippen MR) is 89.8 cm³/mol. The zero-order valence-electron chi connectivity index (χ0n) is 13.7. The van der Waals surface area contributed by atoms with E-state index in [0.29, 0.717) is 23.6 Å². The fourth-order valence-electron chi connectivity index (χ4n) is 2.77. The van der Waals surface area contributed by atoms with Crippen molar-refractivity contribution in [3.63, 3.8) is 0 Å². The van der Waals surface area contributed by atoms with Gasteiger partial charge >= 0.3 is 12.2 Å². The van der Waals surface area contributed by atoms with E-state index < -0.39 is 11.7 Å². The molecule has 1 aromatic carbocycles. The van der Waals surface area contributed by atoms with Gasteiger partial charge in [0.2, 0.25) is 0 Å². The Kier molecular flexibility index (Phi) is 4.99. The quantitative estimate of drug-likeness (QED) is 0.735. The van der Waals surface area contributed by atoms with E-state index in [1.54, 1.807) is 15.7 Å². The molecular weight excluding hydrogens is 351 g/mol. The molecule has 0 atom stereocenters. The SMILES string of the molecule is Cc1cn(-c2ccc(C(F)(F)F)cc2)/c(=N/C(=O)N2CCCCC2)s1. The maximum Gasteiger partial charge on any atom is 0.416 e. The lowest BCUT2D eigenvalue weighted by Gasteiger charge is -2.24. The van der Waals surface area contributed by atoms with Gasteiger partial charge in [-0.1, -0.05) is 0 Å². The monoisotopic (exact) mass is 369 g/mol. The number of likely N-dealkylation sites (tertiary alicyclic amines) is 1. The molecule has 0 spiro atoms. The van der Waals surface area contributed by atoms with E-state index in [4.69, 9.17) is 0 Å². The number of aryl methyl sites for hydroxylation is 1. The number of urea groups is 1. The van der Waals surface area contributed by atoms with Crippen molar-refractivity contribution in [3.05, 3.63) is 45.7 Å². The third-order valence-corrected chi connectivity index (χ3v) is 4.96. The molecule has 134 valence electrons. The van der Waals surface area contributed by atoms with Crippen LogP contribution in [0.2, 0.25) is 0 Å². The Morgan fingerprint density at radius 1 is 1.12 bits per heavy atom. The fourth-order valence-corrected chi connectivity index (χ4v) is 3.59. The Labute approximate surface area is 147 Å². The Morgan fingerprint density at radius 2 is 1.76 bits per heavy atom. The van der Waals surface area contributed by atoms with Crippen LogP contribution in [-0.4, -0.2) is 28.6 Å². The Bertz CT molecular complexity index is 815. The van der Waals surface area contributed by atoms with Crippen LogP contribution in [0.1, 0.15) is 29.7 Å². The van der Waals surface area contributed by atoms with Crippen LogP contribution in [0.15, 0.2) is 35.5 Å². The summed E-state index contributed by atoms with van der Waals surface area (Å²) in [5, 5.41) is 0. The molecular formula is C17H18F3N3OS. The lowest BCUT2D eigenvalue weighted by Crippen LogP contribution is -2.34. The van der Waals surface area contributed by atoms with Gasteiger partial charge in [0.15, 0.2) is 4.80 Å². The maximum absolute atomic E-state index is 12.7. The second-order valence-electron chi connectivity index (χ2n) is 5.98. The number of carbonyl (C=O) groups is 1. The summed E-state index contributed by atoms with van der Waals surface area (Å²) >= 11 is 1.34. The van der Waals surface area contributed by atoms with Crippen LogP contribution >= 0.6 is 11.3 Å². The molecule has 0 bridgehead atoms. The van der Waals surface area contributed by atoms with Crippen molar-refractivity contribution in [1.82, 2.24) is 9.47 Å². The topological polar surface area (TPSA) is 37.6 Å². The highest BCUT2D eigenvalue weighted by atomic mass is 32.1. The Hall–Kier alpha value is -2.09. The number of hydrogen-bond acceptors (Lipinski definition) is 2. The van der Waals surface area contributed by atoms with Crippen LogP contribution in [0, 0.1) is 6.92 Å². The zero-order chi connectivity index (χ0) is 18.0. The van der Waals surface area contributed by atoms with Crippen LogP contribution in [0.5, 0.6) is 0 Å². The first-order chi connectivity index (χ1) is 11.8. The molecule has 4 nitrogen and oxygen atoms in total. The number of hydrogen-bond donors (Lipinski definition) is 0.